The standard InChI is InChI=1S/C16H22/c1-2-14-10-6-3-4-9-13-16(14)15-11-7-5-8-12-15/h5,7-8,11-12H,2-4,6,9-10,13H2,1H3/b16-14+. The molecule has 0 nitrogen and oxygen atoms in total. The lowest BCUT2D eigenvalue weighted by Crippen LogP contribution is -1.96. The van der Waals surface area contributed by atoms with Crippen LogP contribution in [0.3, 0.4) is 0 Å². The summed E-state index contributed by atoms with van der Waals surface area (Å²) >= 11 is 0. The predicted molar refractivity (Wildman–Crippen MR) is 71.4 cm³/mol. The van der Waals surface area contributed by atoms with Gasteiger partial charge in [-0.2, -0.15) is 0 Å². The summed E-state index contributed by atoms with van der Waals surface area (Å²) in [6, 6.07) is 11.0. The van der Waals surface area contributed by atoms with E-state index in [1.807, 2.05) is 0 Å². The summed E-state index contributed by atoms with van der Waals surface area (Å²) in [4.78, 5) is 0. The molecule has 0 amide bonds. The number of allylic oxidation sites excluding steroid dienone is 2. The van der Waals surface area contributed by atoms with E-state index in [2.05, 4.69) is 37.3 Å². The van der Waals surface area contributed by atoms with Gasteiger partial charge < -0.3 is 0 Å². The van der Waals surface area contributed by atoms with Crippen molar-refractivity contribution in [3.05, 3.63) is 41.5 Å². The molecular formula is C16H22. The molecular weight excluding hydrogens is 192 g/mol. The first-order valence-electron chi connectivity index (χ1n) is 6.68. The molecule has 0 heteroatoms. The third-order valence-corrected chi connectivity index (χ3v) is 3.63. The van der Waals surface area contributed by atoms with E-state index in [0.29, 0.717) is 0 Å². The molecule has 0 radical (unpaired) electrons. The van der Waals surface area contributed by atoms with Gasteiger partial charge in [0.2, 0.25) is 0 Å². The fraction of sp³-hybridized carbons (Fsp3) is 0.500. The van der Waals surface area contributed by atoms with Crippen LogP contribution < -0.4 is 0 Å². The highest BCUT2D eigenvalue weighted by atomic mass is 14.2. The normalized spacial score (nSPS) is 22.6. The molecule has 0 aromatic heterocycles. The average Bonchev–Trinajstić information content (AvgIpc) is 2.30. The SMILES string of the molecule is CC/C1=C(\c2ccccc2)CCCCCC1. The Kier molecular flexibility index (Phi) is 4.21. The Labute approximate surface area is 99.4 Å². The minimum Gasteiger partial charge on any atom is -0.0667 e. The van der Waals surface area contributed by atoms with E-state index in [1.165, 1.54) is 50.5 Å². The Balaban J connectivity index is 2.31. The van der Waals surface area contributed by atoms with Crippen LogP contribution in [0.1, 0.15) is 57.4 Å². The van der Waals surface area contributed by atoms with Gasteiger partial charge in [0.15, 0.2) is 0 Å². The van der Waals surface area contributed by atoms with Gasteiger partial charge in [-0.3, -0.25) is 0 Å². The highest BCUT2D eigenvalue weighted by Gasteiger charge is 2.10. The van der Waals surface area contributed by atoms with Crippen molar-refractivity contribution in [3.63, 3.8) is 0 Å². The summed E-state index contributed by atoms with van der Waals surface area (Å²) in [7, 11) is 0. The van der Waals surface area contributed by atoms with Crippen molar-refractivity contribution < 1.29 is 0 Å². The summed E-state index contributed by atoms with van der Waals surface area (Å²) in [5.41, 5.74) is 4.80. The first kappa shape index (κ1) is 11.4. The molecule has 0 saturated carbocycles. The lowest BCUT2D eigenvalue weighted by Gasteiger charge is -2.18. The second-order valence-electron chi connectivity index (χ2n) is 4.72. The van der Waals surface area contributed by atoms with Crippen LogP contribution in [-0.4, -0.2) is 0 Å². The van der Waals surface area contributed by atoms with Crippen LogP contribution in [0.25, 0.3) is 5.57 Å². The smallest absolute Gasteiger partial charge is 0.0225 e. The molecule has 86 valence electrons. The largest absolute Gasteiger partial charge is 0.0667 e. The summed E-state index contributed by atoms with van der Waals surface area (Å²) in [5, 5.41) is 0. The van der Waals surface area contributed by atoms with Crippen LogP contribution in [0.4, 0.5) is 0 Å². The molecule has 0 spiro atoms. The van der Waals surface area contributed by atoms with Crippen molar-refractivity contribution in [3.8, 4) is 0 Å². The van der Waals surface area contributed by atoms with E-state index in [1.54, 1.807) is 11.1 Å². The minimum absolute atomic E-state index is 1.23. The number of rotatable bonds is 2. The van der Waals surface area contributed by atoms with Crippen LogP contribution >= 0.6 is 0 Å². The van der Waals surface area contributed by atoms with Crippen LogP contribution in [0.15, 0.2) is 35.9 Å². The van der Waals surface area contributed by atoms with E-state index in [9.17, 15) is 0 Å². The van der Waals surface area contributed by atoms with Crippen molar-refractivity contribution in [2.45, 2.75) is 51.9 Å². The third kappa shape index (κ3) is 2.75. The first-order valence-corrected chi connectivity index (χ1v) is 6.68. The molecule has 0 N–H and O–H groups in total. The molecule has 0 unspecified atom stereocenters. The molecule has 0 bridgehead atoms. The quantitative estimate of drug-likeness (QED) is 0.634. The van der Waals surface area contributed by atoms with Gasteiger partial charge in [-0.25, -0.2) is 0 Å². The van der Waals surface area contributed by atoms with Gasteiger partial charge in [-0.15, -0.1) is 0 Å². The van der Waals surface area contributed by atoms with Crippen molar-refractivity contribution in [1.29, 1.82) is 0 Å². The summed E-state index contributed by atoms with van der Waals surface area (Å²) in [5.74, 6) is 0. The molecule has 1 aromatic carbocycles. The number of benzene rings is 1. The third-order valence-electron chi connectivity index (χ3n) is 3.63. The Bertz CT molecular complexity index is 346. The lowest BCUT2D eigenvalue weighted by atomic mass is 9.88. The van der Waals surface area contributed by atoms with Gasteiger partial charge in [0, 0.05) is 0 Å². The summed E-state index contributed by atoms with van der Waals surface area (Å²) < 4.78 is 0. The molecule has 1 aromatic rings. The van der Waals surface area contributed by atoms with Gasteiger partial charge in [0.05, 0.1) is 0 Å². The Hall–Kier alpha value is -1.04. The molecule has 0 atom stereocenters. The van der Waals surface area contributed by atoms with Crippen molar-refractivity contribution in [1.82, 2.24) is 0 Å². The molecule has 0 fully saturated rings. The number of hydrogen-bond donors (Lipinski definition) is 0. The highest BCUT2D eigenvalue weighted by molar-refractivity contribution is 5.68. The molecule has 0 aliphatic heterocycles. The van der Waals surface area contributed by atoms with E-state index in [4.69, 9.17) is 0 Å². The van der Waals surface area contributed by atoms with Crippen molar-refractivity contribution in [2.75, 3.05) is 0 Å². The van der Waals surface area contributed by atoms with Crippen LogP contribution in [0, 0.1) is 0 Å². The fourth-order valence-electron chi connectivity index (χ4n) is 2.70. The second-order valence-corrected chi connectivity index (χ2v) is 4.72. The van der Waals surface area contributed by atoms with Crippen molar-refractivity contribution in [2.24, 2.45) is 0 Å². The van der Waals surface area contributed by atoms with Gasteiger partial charge >= 0.3 is 0 Å². The predicted octanol–water partition coefficient (Wildman–Crippen LogP) is 5.20. The van der Waals surface area contributed by atoms with Gasteiger partial charge in [-0.05, 0) is 43.2 Å². The Morgan fingerprint density at radius 2 is 1.56 bits per heavy atom. The topological polar surface area (TPSA) is 0 Å². The Morgan fingerprint density at radius 1 is 0.875 bits per heavy atom. The molecule has 1 aliphatic carbocycles. The summed E-state index contributed by atoms with van der Waals surface area (Å²) in [6.07, 6.45) is 9.42. The molecule has 16 heavy (non-hydrogen) atoms. The number of hydrogen-bond acceptors (Lipinski definition) is 0. The zero-order chi connectivity index (χ0) is 11.2. The fourth-order valence-corrected chi connectivity index (χ4v) is 2.70. The van der Waals surface area contributed by atoms with Crippen molar-refractivity contribution >= 4 is 5.57 Å². The van der Waals surface area contributed by atoms with Gasteiger partial charge in [-0.1, -0.05) is 55.7 Å². The van der Waals surface area contributed by atoms with Crippen LogP contribution in [-0.2, 0) is 0 Å². The van der Waals surface area contributed by atoms with Crippen LogP contribution in [0.5, 0.6) is 0 Å². The highest BCUT2D eigenvalue weighted by Crippen LogP contribution is 2.31. The maximum absolute atomic E-state index is 2.31. The molecule has 2 rings (SSSR count). The van der Waals surface area contributed by atoms with Gasteiger partial charge in [0.1, 0.15) is 0 Å². The maximum Gasteiger partial charge on any atom is -0.0225 e. The van der Waals surface area contributed by atoms with Gasteiger partial charge in [0.25, 0.3) is 0 Å². The lowest BCUT2D eigenvalue weighted by molar-refractivity contribution is 0.624. The average molecular weight is 214 g/mol. The Morgan fingerprint density at radius 3 is 2.25 bits per heavy atom. The maximum atomic E-state index is 2.31. The first-order chi connectivity index (χ1) is 7.92. The summed E-state index contributed by atoms with van der Waals surface area (Å²) in [6.45, 7) is 2.31. The van der Waals surface area contributed by atoms with E-state index in [0.717, 1.165) is 0 Å². The molecule has 1 aliphatic rings. The zero-order valence-electron chi connectivity index (χ0n) is 10.3. The van der Waals surface area contributed by atoms with Crippen LogP contribution in [0.2, 0.25) is 0 Å². The zero-order valence-corrected chi connectivity index (χ0v) is 10.3. The molecule has 0 saturated heterocycles. The minimum atomic E-state index is 1.23. The van der Waals surface area contributed by atoms with E-state index >= 15 is 0 Å². The second kappa shape index (κ2) is 5.89. The monoisotopic (exact) mass is 214 g/mol. The van der Waals surface area contributed by atoms with E-state index < -0.39 is 0 Å². The molecule has 0 heterocycles. The van der Waals surface area contributed by atoms with E-state index in [-0.39, 0.29) is 0 Å².